The van der Waals surface area contributed by atoms with E-state index in [0.717, 1.165) is 11.2 Å². The van der Waals surface area contributed by atoms with Gasteiger partial charge in [-0.05, 0) is 12.1 Å². The topological polar surface area (TPSA) is 70.0 Å². The lowest BCUT2D eigenvalue weighted by molar-refractivity contribution is -0.142. The van der Waals surface area contributed by atoms with Gasteiger partial charge in [-0.25, -0.2) is 4.39 Å². The Kier molecular flexibility index (Phi) is 2.40. The number of carboxylic acids is 1. The minimum Gasteiger partial charge on any atom is -0.480 e. The van der Waals surface area contributed by atoms with Gasteiger partial charge >= 0.3 is 5.97 Å². The first kappa shape index (κ1) is 10.3. The Balaban J connectivity index is 2.33. The molecular weight excluding hydrogens is 215 g/mol. The van der Waals surface area contributed by atoms with Gasteiger partial charge in [0.25, 0.3) is 5.91 Å². The fourth-order valence-electron chi connectivity index (χ4n) is 1.36. The minimum absolute atomic E-state index is 0.0486. The zero-order valence-corrected chi connectivity index (χ0v) is 8.00. The van der Waals surface area contributed by atoms with Gasteiger partial charge in [0.05, 0.1) is 0 Å². The van der Waals surface area contributed by atoms with E-state index in [0.29, 0.717) is 0 Å². The summed E-state index contributed by atoms with van der Waals surface area (Å²) in [4.78, 5) is 22.2. The Bertz CT molecular complexity index is 487. The van der Waals surface area contributed by atoms with E-state index in [1.165, 1.54) is 24.3 Å². The van der Waals surface area contributed by atoms with Crippen LogP contribution in [0.2, 0.25) is 0 Å². The van der Waals surface area contributed by atoms with Crippen LogP contribution in [0.3, 0.4) is 0 Å². The highest BCUT2D eigenvalue weighted by Crippen LogP contribution is 2.23. The third-order valence-corrected chi connectivity index (χ3v) is 2.15. The molecule has 0 radical (unpaired) electrons. The molecule has 6 heteroatoms. The lowest BCUT2D eigenvalue weighted by Gasteiger charge is -2.13. The second-order valence-electron chi connectivity index (χ2n) is 3.18. The molecule has 0 unspecified atom stereocenters. The lowest BCUT2D eigenvalue weighted by Crippen LogP contribution is -2.31. The van der Waals surface area contributed by atoms with E-state index < -0.39 is 23.6 Å². The number of hydrogen-bond acceptors (Lipinski definition) is 3. The van der Waals surface area contributed by atoms with Gasteiger partial charge in [-0.1, -0.05) is 12.1 Å². The molecule has 1 aliphatic rings. The van der Waals surface area contributed by atoms with Crippen LogP contribution < -0.4 is 5.01 Å². The second kappa shape index (κ2) is 3.73. The molecule has 1 N–H and O–H groups in total. The maximum atomic E-state index is 13.3. The van der Waals surface area contributed by atoms with Crippen molar-refractivity contribution in [2.24, 2.45) is 11.0 Å². The van der Waals surface area contributed by atoms with Crippen molar-refractivity contribution < 1.29 is 19.1 Å². The summed E-state index contributed by atoms with van der Waals surface area (Å²) >= 11 is 0. The summed E-state index contributed by atoms with van der Waals surface area (Å²) in [6, 6.07) is 5.54. The normalized spacial score (nSPS) is 19.2. The molecule has 1 aliphatic heterocycles. The Morgan fingerprint density at radius 2 is 2.12 bits per heavy atom. The van der Waals surface area contributed by atoms with E-state index in [2.05, 4.69) is 5.10 Å². The molecule has 1 aromatic carbocycles. The van der Waals surface area contributed by atoms with Crippen LogP contribution in [0.1, 0.15) is 0 Å². The maximum Gasteiger partial charge on any atom is 0.321 e. The third-order valence-electron chi connectivity index (χ3n) is 2.15. The van der Waals surface area contributed by atoms with E-state index in [9.17, 15) is 14.0 Å². The Hall–Kier alpha value is -2.24. The largest absolute Gasteiger partial charge is 0.480 e. The average Bonchev–Trinajstić information content (AvgIpc) is 2.61. The predicted octanol–water partition coefficient (Wildman–Crippen LogP) is 0.859. The number of anilines is 1. The molecule has 2 rings (SSSR count). The van der Waals surface area contributed by atoms with Crippen LogP contribution in [0.4, 0.5) is 10.1 Å². The third kappa shape index (κ3) is 1.54. The summed E-state index contributed by atoms with van der Waals surface area (Å²) in [5.41, 5.74) is -0.0486. The number of hydrogen-bond donors (Lipinski definition) is 1. The average molecular weight is 222 g/mol. The highest BCUT2D eigenvalue weighted by molar-refractivity contribution is 6.19. The van der Waals surface area contributed by atoms with E-state index >= 15 is 0 Å². The number of nitrogens with zero attached hydrogens (tertiary/aromatic N) is 2. The second-order valence-corrected chi connectivity index (χ2v) is 3.18. The van der Waals surface area contributed by atoms with E-state index in [-0.39, 0.29) is 5.69 Å². The molecule has 1 amide bonds. The van der Waals surface area contributed by atoms with Crippen LogP contribution >= 0.6 is 0 Å². The Morgan fingerprint density at radius 3 is 2.69 bits per heavy atom. The van der Waals surface area contributed by atoms with Crippen molar-refractivity contribution in [3.05, 3.63) is 30.1 Å². The molecule has 1 aromatic rings. The molecule has 0 saturated carbocycles. The van der Waals surface area contributed by atoms with Crippen LogP contribution in [0.5, 0.6) is 0 Å². The molecule has 16 heavy (non-hydrogen) atoms. The highest BCUT2D eigenvalue weighted by Gasteiger charge is 2.35. The zero-order valence-electron chi connectivity index (χ0n) is 8.00. The molecule has 0 spiro atoms. The first-order valence-corrected chi connectivity index (χ1v) is 4.46. The molecule has 0 saturated heterocycles. The van der Waals surface area contributed by atoms with Gasteiger partial charge in [0.15, 0.2) is 5.92 Å². The number of carboxylic acid groups (broad SMARTS) is 1. The fraction of sp³-hybridized carbons (Fsp3) is 0.100. The van der Waals surface area contributed by atoms with Gasteiger partial charge in [0, 0.05) is 6.21 Å². The number of aliphatic carboxylic acids is 1. The Labute approximate surface area is 89.8 Å². The van der Waals surface area contributed by atoms with Crippen LogP contribution in [0, 0.1) is 11.7 Å². The summed E-state index contributed by atoms with van der Waals surface area (Å²) in [6.07, 6.45) is 0.983. The van der Waals surface area contributed by atoms with Crippen LogP contribution in [0.15, 0.2) is 29.4 Å². The van der Waals surface area contributed by atoms with E-state index in [4.69, 9.17) is 5.11 Å². The van der Waals surface area contributed by atoms with E-state index in [1.54, 1.807) is 0 Å². The number of carbonyl (C=O) groups is 2. The van der Waals surface area contributed by atoms with Crippen molar-refractivity contribution in [1.82, 2.24) is 0 Å². The molecule has 0 fully saturated rings. The monoisotopic (exact) mass is 222 g/mol. The summed E-state index contributed by atoms with van der Waals surface area (Å²) in [7, 11) is 0. The molecule has 0 aliphatic carbocycles. The zero-order chi connectivity index (χ0) is 11.7. The van der Waals surface area contributed by atoms with Gasteiger partial charge in [-0.3, -0.25) is 9.59 Å². The number of amides is 1. The minimum atomic E-state index is -1.33. The SMILES string of the molecule is O=C(O)[C@H]1C=NN(c2ccccc2F)C1=O. The number of para-hydroxylation sites is 1. The van der Waals surface area contributed by atoms with Gasteiger partial charge in [-0.2, -0.15) is 10.1 Å². The van der Waals surface area contributed by atoms with Crippen LogP contribution in [0.25, 0.3) is 0 Å². The van der Waals surface area contributed by atoms with Crippen LogP contribution in [-0.4, -0.2) is 23.2 Å². The first-order valence-electron chi connectivity index (χ1n) is 4.46. The van der Waals surface area contributed by atoms with Crippen molar-refractivity contribution in [2.75, 3.05) is 5.01 Å². The summed E-state index contributed by atoms with van der Waals surface area (Å²) < 4.78 is 13.3. The van der Waals surface area contributed by atoms with Crippen molar-refractivity contribution in [1.29, 1.82) is 0 Å². The van der Waals surface area contributed by atoms with Crippen molar-refractivity contribution in [2.45, 2.75) is 0 Å². The molecule has 0 aromatic heterocycles. The molecule has 5 nitrogen and oxygen atoms in total. The van der Waals surface area contributed by atoms with E-state index in [1.807, 2.05) is 0 Å². The Morgan fingerprint density at radius 1 is 1.44 bits per heavy atom. The van der Waals surface area contributed by atoms with Gasteiger partial charge < -0.3 is 5.11 Å². The standard InChI is InChI=1S/C10H7FN2O3/c11-7-3-1-2-4-8(7)13-9(14)6(5-12-13)10(15)16/h1-6H,(H,15,16)/t6-/m0/s1. The fourth-order valence-corrected chi connectivity index (χ4v) is 1.36. The molecule has 1 atom stereocenters. The maximum absolute atomic E-state index is 13.3. The number of carbonyl (C=O) groups excluding carboxylic acids is 1. The predicted molar refractivity (Wildman–Crippen MR) is 53.5 cm³/mol. The van der Waals surface area contributed by atoms with Crippen molar-refractivity contribution in [3.63, 3.8) is 0 Å². The summed E-state index contributed by atoms with van der Waals surface area (Å²) in [6.45, 7) is 0. The van der Waals surface area contributed by atoms with Crippen molar-refractivity contribution in [3.8, 4) is 0 Å². The smallest absolute Gasteiger partial charge is 0.321 e. The number of hydrazone groups is 1. The molecule has 82 valence electrons. The quantitative estimate of drug-likeness (QED) is 0.754. The lowest BCUT2D eigenvalue weighted by atomic mass is 10.1. The first-order chi connectivity index (χ1) is 7.61. The summed E-state index contributed by atoms with van der Waals surface area (Å²) in [5, 5.41) is 13.0. The van der Waals surface area contributed by atoms with Gasteiger partial charge in [0.2, 0.25) is 0 Å². The molecule has 1 heterocycles. The molecular formula is C10H7FN2O3. The number of rotatable bonds is 2. The van der Waals surface area contributed by atoms with Crippen LogP contribution in [-0.2, 0) is 9.59 Å². The summed E-state index contributed by atoms with van der Waals surface area (Å²) in [5.74, 6) is -4.02. The van der Waals surface area contributed by atoms with Gasteiger partial charge in [-0.15, -0.1) is 0 Å². The molecule has 0 bridgehead atoms. The van der Waals surface area contributed by atoms with Gasteiger partial charge in [0.1, 0.15) is 11.5 Å². The number of halogens is 1. The van der Waals surface area contributed by atoms with Crippen molar-refractivity contribution >= 4 is 23.8 Å². The number of benzene rings is 1. The highest BCUT2D eigenvalue weighted by atomic mass is 19.1.